The van der Waals surface area contributed by atoms with Gasteiger partial charge in [-0.1, -0.05) is 30.3 Å². The fourth-order valence-corrected chi connectivity index (χ4v) is 4.24. The number of amides is 2. The summed E-state index contributed by atoms with van der Waals surface area (Å²) in [4.78, 5) is 26.4. The van der Waals surface area contributed by atoms with Crippen LogP contribution < -0.4 is 5.32 Å². The second-order valence-corrected chi connectivity index (χ2v) is 7.18. The third-order valence-electron chi connectivity index (χ3n) is 4.39. The molecule has 0 bridgehead atoms. The van der Waals surface area contributed by atoms with Gasteiger partial charge in [0.2, 0.25) is 11.8 Å². The van der Waals surface area contributed by atoms with E-state index in [9.17, 15) is 14.9 Å². The van der Waals surface area contributed by atoms with E-state index in [1.165, 1.54) is 11.3 Å². The van der Waals surface area contributed by atoms with Crippen LogP contribution in [0, 0.1) is 11.3 Å². The van der Waals surface area contributed by atoms with Gasteiger partial charge in [-0.2, -0.15) is 5.26 Å². The summed E-state index contributed by atoms with van der Waals surface area (Å²) >= 11 is 1.34. The first-order valence-corrected chi connectivity index (χ1v) is 9.21. The second-order valence-electron chi connectivity index (χ2n) is 6.08. The smallest absolute Gasteiger partial charge is 0.248 e. The van der Waals surface area contributed by atoms with Gasteiger partial charge < -0.3 is 15.3 Å². The van der Waals surface area contributed by atoms with Crippen LogP contribution in [0.25, 0.3) is 0 Å². The Hall–Kier alpha value is -2.69. The molecule has 3 rings (SSSR count). The van der Waals surface area contributed by atoms with Gasteiger partial charge in [0.15, 0.2) is 0 Å². The standard InChI is InChI=1S/C19H19N3O3S/c20-10-15-14-8-9-22(18(25)12-23)11-16(14)26-19(15)21-17(24)7-6-13-4-2-1-3-5-13/h1-5,23H,6-9,11-12H2,(H,21,24). The van der Waals surface area contributed by atoms with Crippen molar-refractivity contribution in [2.75, 3.05) is 18.5 Å². The number of nitriles is 1. The van der Waals surface area contributed by atoms with E-state index in [0.717, 1.165) is 16.0 Å². The fourth-order valence-electron chi connectivity index (χ4n) is 3.01. The van der Waals surface area contributed by atoms with Crippen LogP contribution in [0.1, 0.15) is 28.0 Å². The zero-order valence-corrected chi connectivity index (χ0v) is 15.0. The van der Waals surface area contributed by atoms with E-state index in [-0.39, 0.29) is 11.8 Å². The predicted octanol–water partition coefficient (Wildman–Crippen LogP) is 2.07. The average molecular weight is 369 g/mol. The van der Waals surface area contributed by atoms with Crippen molar-refractivity contribution in [2.45, 2.75) is 25.8 Å². The predicted molar refractivity (Wildman–Crippen MR) is 98.6 cm³/mol. The Bertz CT molecular complexity index is 855. The molecule has 1 aromatic heterocycles. The van der Waals surface area contributed by atoms with E-state index >= 15 is 0 Å². The number of nitrogens with one attached hydrogen (secondary N) is 1. The lowest BCUT2D eigenvalue weighted by molar-refractivity contribution is -0.135. The summed E-state index contributed by atoms with van der Waals surface area (Å²) in [5.41, 5.74) is 2.48. The Labute approximate surface area is 155 Å². The molecule has 0 saturated heterocycles. The highest BCUT2D eigenvalue weighted by Crippen LogP contribution is 2.36. The minimum Gasteiger partial charge on any atom is -0.387 e. The van der Waals surface area contributed by atoms with Gasteiger partial charge in [0.25, 0.3) is 0 Å². The molecule has 2 aromatic rings. The third kappa shape index (κ3) is 3.93. The van der Waals surface area contributed by atoms with E-state index < -0.39 is 6.61 Å². The van der Waals surface area contributed by atoms with Crippen molar-refractivity contribution in [3.63, 3.8) is 0 Å². The minimum absolute atomic E-state index is 0.132. The first-order valence-electron chi connectivity index (χ1n) is 8.39. The number of rotatable bonds is 5. The lowest BCUT2D eigenvalue weighted by atomic mass is 10.0. The van der Waals surface area contributed by atoms with Crippen molar-refractivity contribution in [3.8, 4) is 6.07 Å². The maximum absolute atomic E-state index is 12.3. The molecular weight excluding hydrogens is 350 g/mol. The number of anilines is 1. The van der Waals surface area contributed by atoms with Crippen LogP contribution >= 0.6 is 11.3 Å². The molecule has 0 atom stereocenters. The van der Waals surface area contributed by atoms with Crippen LogP contribution in [0.2, 0.25) is 0 Å². The zero-order chi connectivity index (χ0) is 18.5. The summed E-state index contributed by atoms with van der Waals surface area (Å²) in [6.07, 6.45) is 1.53. The zero-order valence-electron chi connectivity index (χ0n) is 14.2. The van der Waals surface area contributed by atoms with Crippen molar-refractivity contribution in [2.24, 2.45) is 0 Å². The maximum atomic E-state index is 12.3. The summed E-state index contributed by atoms with van der Waals surface area (Å²) in [5.74, 6) is -0.455. The van der Waals surface area contributed by atoms with Crippen LogP contribution in [-0.2, 0) is 29.0 Å². The third-order valence-corrected chi connectivity index (χ3v) is 5.53. The molecule has 0 fully saturated rings. The topological polar surface area (TPSA) is 93.4 Å². The van der Waals surface area contributed by atoms with E-state index in [1.807, 2.05) is 30.3 Å². The minimum atomic E-state index is -0.519. The van der Waals surface area contributed by atoms with E-state index in [0.29, 0.717) is 42.9 Å². The molecule has 0 aliphatic carbocycles. The lowest BCUT2D eigenvalue weighted by Gasteiger charge is -2.26. The summed E-state index contributed by atoms with van der Waals surface area (Å²) in [6.45, 7) is 0.321. The summed E-state index contributed by atoms with van der Waals surface area (Å²) < 4.78 is 0. The first-order chi connectivity index (χ1) is 12.6. The number of benzene rings is 1. The van der Waals surface area contributed by atoms with Crippen molar-refractivity contribution in [3.05, 3.63) is 51.9 Å². The molecule has 0 spiro atoms. The van der Waals surface area contributed by atoms with Crippen LogP contribution in [0.3, 0.4) is 0 Å². The van der Waals surface area contributed by atoms with Gasteiger partial charge in [0.1, 0.15) is 17.7 Å². The van der Waals surface area contributed by atoms with Crippen LogP contribution in [0.4, 0.5) is 5.00 Å². The Morgan fingerprint density at radius 2 is 2.08 bits per heavy atom. The molecule has 134 valence electrons. The molecule has 1 aromatic carbocycles. The number of fused-ring (bicyclic) bond motifs is 1. The molecule has 1 aliphatic rings. The molecule has 0 unspecified atom stereocenters. The van der Waals surface area contributed by atoms with Crippen LogP contribution in [0.15, 0.2) is 30.3 Å². The highest BCUT2D eigenvalue weighted by atomic mass is 32.1. The molecular formula is C19H19N3O3S. The van der Waals surface area contributed by atoms with Gasteiger partial charge in [-0.05, 0) is 24.0 Å². The summed E-state index contributed by atoms with van der Waals surface area (Å²) in [7, 11) is 0. The van der Waals surface area contributed by atoms with Gasteiger partial charge in [-0.25, -0.2) is 0 Å². The van der Waals surface area contributed by atoms with Crippen molar-refractivity contribution >= 4 is 28.2 Å². The lowest BCUT2D eigenvalue weighted by Crippen LogP contribution is -2.37. The number of hydrogen-bond donors (Lipinski definition) is 2. The first kappa shape index (κ1) is 18.1. The van der Waals surface area contributed by atoms with Crippen LogP contribution in [0.5, 0.6) is 0 Å². The summed E-state index contributed by atoms with van der Waals surface area (Å²) in [6, 6.07) is 11.9. The molecule has 0 saturated carbocycles. The maximum Gasteiger partial charge on any atom is 0.248 e. The molecule has 2 N–H and O–H groups in total. The van der Waals surface area contributed by atoms with Crippen molar-refractivity contribution < 1.29 is 14.7 Å². The van der Waals surface area contributed by atoms with Gasteiger partial charge in [0.05, 0.1) is 12.1 Å². The average Bonchev–Trinajstić information content (AvgIpc) is 3.02. The second kappa shape index (κ2) is 8.13. The Balaban J connectivity index is 1.69. The number of carbonyl (C=O) groups is 2. The van der Waals surface area contributed by atoms with Crippen molar-refractivity contribution in [1.82, 2.24) is 4.90 Å². The quantitative estimate of drug-likeness (QED) is 0.844. The molecule has 6 nitrogen and oxygen atoms in total. The number of aliphatic hydroxyl groups excluding tert-OH is 1. The molecule has 7 heteroatoms. The largest absolute Gasteiger partial charge is 0.387 e. The van der Waals surface area contributed by atoms with E-state index in [4.69, 9.17) is 5.11 Å². The number of carbonyl (C=O) groups excluding carboxylic acids is 2. The Morgan fingerprint density at radius 3 is 2.77 bits per heavy atom. The Kier molecular flexibility index (Phi) is 5.66. The number of nitrogens with zero attached hydrogens (tertiary/aromatic N) is 2. The fraction of sp³-hybridized carbons (Fsp3) is 0.316. The molecule has 26 heavy (non-hydrogen) atoms. The number of thiophene rings is 1. The van der Waals surface area contributed by atoms with E-state index in [2.05, 4.69) is 11.4 Å². The highest BCUT2D eigenvalue weighted by Gasteiger charge is 2.27. The van der Waals surface area contributed by atoms with E-state index in [1.54, 1.807) is 4.90 Å². The Morgan fingerprint density at radius 1 is 1.31 bits per heavy atom. The molecule has 1 aliphatic heterocycles. The summed E-state index contributed by atoms with van der Waals surface area (Å²) in [5, 5.41) is 21.9. The molecule has 2 heterocycles. The number of aliphatic hydroxyl groups is 1. The van der Waals surface area contributed by atoms with Crippen LogP contribution in [-0.4, -0.2) is 35.0 Å². The molecule has 0 radical (unpaired) electrons. The van der Waals surface area contributed by atoms with Crippen molar-refractivity contribution in [1.29, 1.82) is 5.26 Å². The molecule has 2 amide bonds. The van der Waals surface area contributed by atoms with Gasteiger partial charge in [-0.3, -0.25) is 9.59 Å². The van der Waals surface area contributed by atoms with Gasteiger partial charge in [-0.15, -0.1) is 11.3 Å². The normalized spacial score (nSPS) is 13.0. The monoisotopic (exact) mass is 369 g/mol. The highest BCUT2D eigenvalue weighted by molar-refractivity contribution is 7.16. The van der Waals surface area contributed by atoms with Gasteiger partial charge in [0, 0.05) is 17.8 Å². The number of aryl methyl sites for hydroxylation is 1. The van der Waals surface area contributed by atoms with Gasteiger partial charge >= 0.3 is 0 Å². The number of hydrogen-bond acceptors (Lipinski definition) is 5. The SMILES string of the molecule is N#Cc1c(NC(=O)CCc2ccccc2)sc2c1CCN(C(=O)CO)C2.